The second-order valence-corrected chi connectivity index (χ2v) is 5.09. The summed E-state index contributed by atoms with van der Waals surface area (Å²) in [5.41, 5.74) is 2.28. The van der Waals surface area contributed by atoms with E-state index in [1.54, 1.807) is 18.4 Å². The normalized spacial score (nSPS) is 18.2. The van der Waals surface area contributed by atoms with Crippen LogP contribution in [-0.4, -0.2) is 12.5 Å². The number of hydrogen-bond donors (Lipinski definition) is 0. The number of hydrogen-bond acceptors (Lipinski definition) is 2. The third-order valence-corrected chi connectivity index (χ3v) is 3.74. The fraction of sp³-hybridized carbons (Fsp3) is 0.235. The fourth-order valence-corrected chi connectivity index (χ4v) is 2.61. The van der Waals surface area contributed by atoms with Crippen LogP contribution < -0.4 is 4.90 Å². The second kappa shape index (κ2) is 5.37. The van der Waals surface area contributed by atoms with Gasteiger partial charge in [-0.15, -0.1) is 0 Å². The Hall–Kier alpha value is -2.29. The van der Waals surface area contributed by atoms with Crippen LogP contribution in [0.4, 0.5) is 5.69 Å². The number of para-hydroxylation sites is 1. The Morgan fingerprint density at radius 1 is 1.30 bits per heavy atom. The summed E-state index contributed by atoms with van der Waals surface area (Å²) in [6.07, 6.45) is 5.88. The molecule has 1 aliphatic rings. The largest absolute Gasteiger partial charge is 0.465 e. The molecular weight excluding hydrogens is 250 g/mol. The van der Waals surface area contributed by atoms with Crippen LogP contribution in [0.2, 0.25) is 0 Å². The van der Waals surface area contributed by atoms with Gasteiger partial charge in [0.25, 0.3) is 5.91 Å². The van der Waals surface area contributed by atoms with Gasteiger partial charge >= 0.3 is 0 Å². The monoisotopic (exact) mass is 267 g/mol. The number of fused-ring (bicyclic) bond motifs is 1. The van der Waals surface area contributed by atoms with Gasteiger partial charge in [-0.25, -0.2) is 0 Å². The molecule has 2 heterocycles. The number of benzene rings is 1. The number of furan rings is 1. The summed E-state index contributed by atoms with van der Waals surface area (Å²) in [5.74, 6) is 1.20. The van der Waals surface area contributed by atoms with Crippen molar-refractivity contribution in [3.05, 3.63) is 60.1 Å². The molecule has 3 heteroatoms. The fourth-order valence-electron chi connectivity index (χ4n) is 2.61. The molecule has 0 spiro atoms. The average molecular weight is 267 g/mol. The topological polar surface area (TPSA) is 33.5 Å². The van der Waals surface area contributed by atoms with Crippen molar-refractivity contribution in [2.45, 2.75) is 19.3 Å². The summed E-state index contributed by atoms with van der Waals surface area (Å²) in [6.45, 7) is 2.97. The van der Waals surface area contributed by atoms with Crippen molar-refractivity contribution in [1.29, 1.82) is 0 Å². The van der Waals surface area contributed by atoms with Crippen molar-refractivity contribution in [3.8, 4) is 0 Å². The van der Waals surface area contributed by atoms with Crippen LogP contribution in [0.1, 0.15) is 30.6 Å². The maximum atomic E-state index is 12.4. The molecule has 1 unspecified atom stereocenters. The molecular formula is C17H17NO2. The van der Waals surface area contributed by atoms with Crippen molar-refractivity contribution < 1.29 is 9.21 Å². The summed E-state index contributed by atoms with van der Waals surface area (Å²) < 4.78 is 5.20. The highest BCUT2D eigenvalue weighted by molar-refractivity contribution is 6.04. The van der Waals surface area contributed by atoms with Crippen LogP contribution in [0.3, 0.4) is 0 Å². The first-order valence-corrected chi connectivity index (χ1v) is 6.88. The van der Waals surface area contributed by atoms with Crippen molar-refractivity contribution in [2.75, 3.05) is 11.4 Å². The third kappa shape index (κ3) is 2.39. The molecule has 1 atom stereocenters. The summed E-state index contributed by atoms with van der Waals surface area (Å²) in [4.78, 5) is 14.2. The Balaban J connectivity index is 1.84. The lowest BCUT2D eigenvalue weighted by Crippen LogP contribution is -2.35. The van der Waals surface area contributed by atoms with Gasteiger partial charge in [0, 0.05) is 18.3 Å². The molecule has 1 amide bonds. The van der Waals surface area contributed by atoms with Gasteiger partial charge < -0.3 is 9.32 Å². The molecule has 102 valence electrons. The number of rotatable bonds is 2. The Kier molecular flexibility index (Phi) is 3.42. The van der Waals surface area contributed by atoms with Gasteiger partial charge in [-0.3, -0.25) is 4.79 Å². The van der Waals surface area contributed by atoms with E-state index in [2.05, 4.69) is 13.0 Å². The number of nitrogens with zero attached hydrogens (tertiary/aromatic N) is 1. The molecule has 0 bridgehead atoms. The van der Waals surface area contributed by atoms with Crippen LogP contribution in [0.15, 0.2) is 53.2 Å². The summed E-state index contributed by atoms with van der Waals surface area (Å²) in [6, 6.07) is 11.8. The van der Waals surface area contributed by atoms with E-state index < -0.39 is 0 Å². The molecule has 0 fully saturated rings. The van der Waals surface area contributed by atoms with Crippen molar-refractivity contribution in [3.63, 3.8) is 0 Å². The van der Waals surface area contributed by atoms with E-state index >= 15 is 0 Å². The molecule has 0 saturated carbocycles. The predicted molar refractivity (Wildman–Crippen MR) is 79.6 cm³/mol. The van der Waals surface area contributed by atoms with Crippen LogP contribution >= 0.6 is 0 Å². The lowest BCUT2D eigenvalue weighted by molar-refractivity contribution is -0.114. The molecule has 0 saturated heterocycles. The first-order valence-electron chi connectivity index (χ1n) is 6.88. The summed E-state index contributed by atoms with van der Waals surface area (Å²) in [5, 5.41) is 0. The second-order valence-electron chi connectivity index (χ2n) is 5.09. The molecule has 1 aromatic heterocycles. The number of amides is 1. The SMILES string of the molecule is CC1CCN(C(=O)/C=C/c2ccco2)c2ccccc21. The number of carbonyl (C=O) groups excluding carboxylic acids is 1. The standard InChI is InChI=1S/C17H17NO2/c1-13-10-11-18(16-7-3-2-6-15(13)16)17(19)9-8-14-5-4-12-20-14/h2-9,12-13H,10-11H2,1H3/b9-8+. The van der Waals surface area contributed by atoms with Gasteiger partial charge in [0.05, 0.1) is 6.26 Å². The molecule has 20 heavy (non-hydrogen) atoms. The minimum absolute atomic E-state index is 0.000694. The summed E-state index contributed by atoms with van der Waals surface area (Å²) >= 11 is 0. The van der Waals surface area contributed by atoms with E-state index in [-0.39, 0.29) is 5.91 Å². The molecule has 2 aromatic rings. The Bertz CT molecular complexity index is 628. The molecule has 1 aliphatic heterocycles. The van der Waals surface area contributed by atoms with Gasteiger partial charge in [-0.2, -0.15) is 0 Å². The van der Waals surface area contributed by atoms with Crippen LogP contribution in [0.5, 0.6) is 0 Å². The zero-order valence-electron chi connectivity index (χ0n) is 11.5. The van der Waals surface area contributed by atoms with Crippen LogP contribution in [0, 0.1) is 0 Å². The third-order valence-electron chi connectivity index (χ3n) is 3.74. The minimum Gasteiger partial charge on any atom is -0.465 e. The van der Waals surface area contributed by atoms with Gasteiger partial charge in [-0.1, -0.05) is 25.1 Å². The Morgan fingerprint density at radius 3 is 2.95 bits per heavy atom. The predicted octanol–water partition coefficient (Wildman–Crippen LogP) is 3.83. The average Bonchev–Trinajstić information content (AvgIpc) is 2.99. The van der Waals surface area contributed by atoms with Gasteiger partial charge in [0.15, 0.2) is 0 Å². The maximum absolute atomic E-state index is 12.4. The van der Waals surface area contributed by atoms with E-state index in [0.717, 1.165) is 18.7 Å². The molecule has 0 N–H and O–H groups in total. The van der Waals surface area contributed by atoms with Crippen molar-refractivity contribution >= 4 is 17.7 Å². The first kappa shape index (κ1) is 12.7. The number of anilines is 1. The zero-order chi connectivity index (χ0) is 13.9. The van der Waals surface area contributed by atoms with Crippen molar-refractivity contribution in [1.82, 2.24) is 0 Å². The quantitative estimate of drug-likeness (QED) is 0.775. The molecule has 0 radical (unpaired) electrons. The first-order chi connectivity index (χ1) is 9.75. The highest BCUT2D eigenvalue weighted by Crippen LogP contribution is 2.34. The summed E-state index contributed by atoms with van der Waals surface area (Å²) in [7, 11) is 0. The van der Waals surface area contributed by atoms with Crippen molar-refractivity contribution in [2.24, 2.45) is 0 Å². The smallest absolute Gasteiger partial charge is 0.251 e. The zero-order valence-corrected chi connectivity index (χ0v) is 11.5. The highest BCUT2D eigenvalue weighted by atomic mass is 16.3. The molecule has 0 aliphatic carbocycles. The highest BCUT2D eigenvalue weighted by Gasteiger charge is 2.24. The van der Waals surface area contributed by atoms with E-state index in [9.17, 15) is 4.79 Å². The van der Waals surface area contributed by atoms with E-state index in [1.807, 2.05) is 35.2 Å². The Morgan fingerprint density at radius 2 is 2.15 bits per heavy atom. The lowest BCUT2D eigenvalue weighted by atomic mass is 9.91. The van der Waals surface area contributed by atoms with Gasteiger partial charge in [0.2, 0.25) is 0 Å². The number of carbonyl (C=O) groups is 1. The molecule has 1 aromatic carbocycles. The Labute approximate surface area is 118 Å². The maximum Gasteiger partial charge on any atom is 0.251 e. The van der Waals surface area contributed by atoms with E-state index in [0.29, 0.717) is 11.7 Å². The van der Waals surface area contributed by atoms with E-state index in [4.69, 9.17) is 4.42 Å². The molecule has 3 rings (SSSR count). The lowest BCUT2D eigenvalue weighted by Gasteiger charge is -2.32. The van der Waals surface area contributed by atoms with Gasteiger partial charge in [0.1, 0.15) is 5.76 Å². The van der Waals surface area contributed by atoms with Gasteiger partial charge in [-0.05, 0) is 42.2 Å². The van der Waals surface area contributed by atoms with Crippen LogP contribution in [-0.2, 0) is 4.79 Å². The minimum atomic E-state index is 0.000694. The van der Waals surface area contributed by atoms with Crippen LogP contribution in [0.25, 0.3) is 6.08 Å². The van der Waals surface area contributed by atoms with E-state index in [1.165, 1.54) is 5.56 Å². The molecule has 3 nitrogen and oxygen atoms in total.